The number of fused-ring (bicyclic) bond motifs is 1. The molecule has 0 aliphatic carbocycles. The molecule has 6 atom stereocenters. The Hall–Kier alpha value is -3.58. The Morgan fingerprint density at radius 2 is 1.95 bits per heavy atom. The van der Waals surface area contributed by atoms with Crippen LogP contribution in [0, 0.1) is 11.8 Å². The summed E-state index contributed by atoms with van der Waals surface area (Å²) in [5.41, 5.74) is 6.33. The van der Waals surface area contributed by atoms with Crippen molar-refractivity contribution in [3.63, 3.8) is 0 Å². The van der Waals surface area contributed by atoms with E-state index in [0.29, 0.717) is 24.3 Å². The van der Waals surface area contributed by atoms with Gasteiger partial charge in [-0.1, -0.05) is 32.2 Å². The maximum Gasteiger partial charge on any atom is 0.410 e. The molecule has 216 valence electrons. The van der Waals surface area contributed by atoms with Crippen LogP contribution >= 0.6 is 11.8 Å². The largest absolute Gasteiger partial charge is 0.457 e. The predicted octanol–water partition coefficient (Wildman–Crippen LogP) is 1.36. The van der Waals surface area contributed by atoms with E-state index >= 15 is 0 Å². The normalized spacial score (nSPS) is 26.3. The van der Waals surface area contributed by atoms with E-state index in [2.05, 4.69) is 18.1 Å². The van der Waals surface area contributed by atoms with Crippen molar-refractivity contribution in [2.45, 2.75) is 50.1 Å². The van der Waals surface area contributed by atoms with Crippen LogP contribution in [-0.2, 0) is 32.5 Å². The number of aliphatic hydroxyl groups is 1. The van der Waals surface area contributed by atoms with Gasteiger partial charge in [-0.2, -0.15) is 0 Å². The number of β-lactam (4-membered cyclic amide) rings is 1. The first-order valence-electron chi connectivity index (χ1n) is 13.1. The molecule has 12 nitrogen and oxygen atoms in total. The number of ether oxygens (including phenoxy) is 2. The van der Waals surface area contributed by atoms with Crippen LogP contribution in [0.3, 0.4) is 0 Å². The molecule has 4 rings (SSSR count). The summed E-state index contributed by atoms with van der Waals surface area (Å²) in [5.74, 6) is -2.30. The lowest BCUT2D eigenvalue weighted by atomic mass is 9.79. The number of carbonyl (C=O) groups excluding carboxylic acids is 4. The minimum absolute atomic E-state index is 0.00634. The van der Waals surface area contributed by atoms with Crippen LogP contribution in [-0.4, -0.2) is 91.5 Å². The van der Waals surface area contributed by atoms with Crippen molar-refractivity contribution in [2.75, 3.05) is 19.8 Å². The van der Waals surface area contributed by atoms with E-state index in [-0.39, 0.29) is 53.9 Å². The van der Waals surface area contributed by atoms with Gasteiger partial charge in [0.05, 0.1) is 18.1 Å². The fourth-order valence-electron chi connectivity index (χ4n) is 5.75. The Labute approximate surface area is 236 Å². The first-order valence-corrected chi connectivity index (χ1v) is 13.9. The maximum absolute atomic E-state index is 13.1. The Balaban J connectivity index is 1.61. The third-order valence-electron chi connectivity index (χ3n) is 7.61. The third-order valence-corrected chi connectivity index (χ3v) is 9.11. The standard InChI is InChI=1S/C27H35N5O7S/c1-6-8-38-26(36)21-22(14(3)20-19(15(4)33)25(35)32(20)21)40-18-11-16(31(13-18)27(37)39-9-7-2)10-17-12-29-24(23(28)34)30(17)5/h6-7,12,14-16,18-20,33H,1-2,8-11,13H2,3-5H3,(H2,28,34)/t14-,15-,16-,18+,19-,20-/m1/s1. The van der Waals surface area contributed by atoms with Crippen molar-refractivity contribution in [3.8, 4) is 0 Å². The molecule has 1 aromatic rings. The quantitative estimate of drug-likeness (QED) is 0.227. The van der Waals surface area contributed by atoms with Crippen molar-refractivity contribution >= 4 is 35.6 Å². The molecule has 0 spiro atoms. The molecule has 4 heterocycles. The summed E-state index contributed by atoms with van der Waals surface area (Å²) in [6, 6.07) is -0.642. The molecule has 3 aliphatic rings. The highest BCUT2D eigenvalue weighted by Crippen LogP contribution is 2.52. The van der Waals surface area contributed by atoms with Gasteiger partial charge in [-0.3, -0.25) is 9.59 Å². The summed E-state index contributed by atoms with van der Waals surface area (Å²) in [7, 11) is 1.69. The van der Waals surface area contributed by atoms with Gasteiger partial charge in [-0.15, -0.1) is 11.8 Å². The topological polar surface area (TPSA) is 157 Å². The van der Waals surface area contributed by atoms with Crippen LogP contribution in [0.15, 0.2) is 42.1 Å². The molecule has 3 aliphatic heterocycles. The van der Waals surface area contributed by atoms with E-state index in [9.17, 15) is 24.3 Å². The number of carbonyl (C=O) groups is 4. The molecule has 3 N–H and O–H groups in total. The molecule has 2 fully saturated rings. The summed E-state index contributed by atoms with van der Waals surface area (Å²) >= 11 is 1.44. The van der Waals surface area contributed by atoms with Gasteiger partial charge in [0.1, 0.15) is 18.9 Å². The Morgan fingerprint density at radius 1 is 1.27 bits per heavy atom. The van der Waals surface area contributed by atoms with Crippen LogP contribution in [0.1, 0.15) is 36.6 Å². The summed E-state index contributed by atoms with van der Waals surface area (Å²) in [4.78, 5) is 58.6. The zero-order valence-corrected chi connectivity index (χ0v) is 23.6. The summed E-state index contributed by atoms with van der Waals surface area (Å²) in [6.45, 7) is 11.1. The highest BCUT2D eigenvalue weighted by Gasteiger charge is 2.60. The molecule has 3 amide bonds. The highest BCUT2D eigenvalue weighted by molar-refractivity contribution is 8.03. The first-order chi connectivity index (χ1) is 19.0. The minimum atomic E-state index is -0.860. The number of hydrogen-bond donors (Lipinski definition) is 2. The number of thioether (sulfide) groups is 1. The third kappa shape index (κ3) is 5.27. The van der Waals surface area contributed by atoms with Crippen molar-refractivity contribution in [3.05, 3.63) is 53.6 Å². The zero-order valence-electron chi connectivity index (χ0n) is 22.8. The van der Waals surface area contributed by atoms with Crippen LogP contribution in [0.2, 0.25) is 0 Å². The molecule has 40 heavy (non-hydrogen) atoms. The van der Waals surface area contributed by atoms with Gasteiger partial charge in [0, 0.05) is 54.0 Å². The minimum Gasteiger partial charge on any atom is -0.457 e. The number of imidazole rings is 1. The number of esters is 1. The first kappa shape index (κ1) is 29.4. The van der Waals surface area contributed by atoms with E-state index in [1.807, 2.05) is 6.92 Å². The molecule has 0 unspecified atom stereocenters. The van der Waals surface area contributed by atoms with Gasteiger partial charge in [0.25, 0.3) is 5.91 Å². The lowest BCUT2D eigenvalue weighted by molar-refractivity contribution is -0.164. The molecule has 0 bridgehead atoms. The van der Waals surface area contributed by atoms with Gasteiger partial charge in [-0.25, -0.2) is 14.6 Å². The Morgan fingerprint density at radius 3 is 2.55 bits per heavy atom. The fraction of sp³-hybridized carbons (Fsp3) is 0.519. The van der Waals surface area contributed by atoms with Crippen molar-refractivity contribution in [1.29, 1.82) is 0 Å². The molecule has 0 radical (unpaired) electrons. The zero-order chi connectivity index (χ0) is 29.3. The molecule has 13 heteroatoms. The monoisotopic (exact) mass is 573 g/mol. The molecule has 1 aromatic heterocycles. The number of rotatable bonds is 11. The number of amides is 3. The highest BCUT2D eigenvalue weighted by atomic mass is 32.2. The second-order valence-corrected chi connectivity index (χ2v) is 11.5. The summed E-state index contributed by atoms with van der Waals surface area (Å²) < 4.78 is 12.3. The lowest BCUT2D eigenvalue weighted by Crippen LogP contribution is -2.63. The molecular formula is C27H35N5O7S. The van der Waals surface area contributed by atoms with Crippen molar-refractivity contribution in [2.24, 2.45) is 24.6 Å². The Kier molecular flexibility index (Phi) is 8.74. The number of aromatic nitrogens is 2. The predicted molar refractivity (Wildman–Crippen MR) is 147 cm³/mol. The Bertz CT molecular complexity index is 1260. The van der Waals surface area contributed by atoms with E-state index in [1.54, 1.807) is 29.6 Å². The van der Waals surface area contributed by atoms with Gasteiger partial charge in [0.2, 0.25) is 5.91 Å². The summed E-state index contributed by atoms with van der Waals surface area (Å²) in [5, 5.41) is 10.1. The van der Waals surface area contributed by atoms with E-state index in [0.717, 1.165) is 5.69 Å². The number of nitrogens with two attached hydrogens (primary N) is 1. The van der Waals surface area contributed by atoms with Gasteiger partial charge >= 0.3 is 12.1 Å². The maximum atomic E-state index is 13.1. The van der Waals surface area contributed by atoms with Crippen LogP contribution < -0.4 is 5.73 Å². The van der Waals surface area contributed by atoms with Crippen LogP contribution in [0.25, 0.3) is 0 Å². The van der Waals surface area contributed by atoms with E-state index in [1.165, 1.54) is 28.8 Å². The second kappa shape index (κ2) is 11.9. The SMILES string of the molecule is C=CCOC(=O)C1=C(S[C@H]2C[C@@H](Cc3cnc(C(N)=O)n3C)N(C(=O)OCC=C)C2)[C@H](C)[C@@H]2[C@@H]([C@@H](C)O)C(=O)N12. The number of likely N-dealkylation sites (tertiary alicyclic amines) is 1. The number of primary amides is 1. The smallest absolute Gasteiger partial charge is 0.410 e. The molecule has 2 saturated heterocycles. The van der Waals surface area contributed by atoms with Crippen molar-refractivity contribution in [1.82, 2.24) is 19.4 Å². The van der Waals surface area contributed by atoms with Gasteiger partial charge in [0.15, 0.2) is 5.82 Å². The van der Waals surface area contributed by atoms with Crippen LogP contribution in [0.5, 0.6) is 0 Å². The summed E-state index contributed by atoms with van der Waals surface area (Å²) in [6.07, 6.45) is 4.09. The number of nitrogens with zero attached hydrogens (tertiary/aromatic N) is 4. The number of hydrogen-bond acceptors (Lipinski definition) is 9. The van der Waals surface area contributed by atoms with Crippen molar-refractivity contribution < 1.29 is 33.8 Å². The van der Waals surface area contributed by atoms with Crippen LogP contribution in [0.4, 0.5) is 4.79 Å². The molecule has 0 aromatic carbocycles. The average molecular weight is 574 g/mol. The van der Waals surface area contributed by atoms with E-state index in [4.69, 9.17) is 15.2 Å². The van der Waals surface area contributed by atoms with Gasteiger partial charge in [-0.05, 0) is 13.3 Å². The lowest BCUT2D eigenvalue weighted by Gasteiger charge is -2.46. The van der Waals surface area contributed by atoms with E-state index < -0.39 is 30.0 Å². The van der Waals surface area contributed by atoms with Gasteiger partial charge < -0.3 is 34.7 Å². The molecular weight excluding hydrogens is 538 g/mol. The average Bonchev–Trinajstić information content (AvgIpc) is 3.54. The second-order valence-electron chi connectivity index (χ2n) is 10.2. The molecule has 0 saturated carbocycles. The number of aliphatic hydroxyl groups excluding tert-OH is 1. The fourth-order valence-corrected chi connectivity index (χ4v) is 7.31.